The van der Waals surface area contributed by atoms with Crippen LogP contribution in [0, 0.1) is 0 Å². The molecular formula is C15H13ClN2O3. The first-order valence-corrected chi connectivity index (χ1v) is 6.62. The molecule has 21 heavy (non-hydrogen) atoms. The van der Waals surface area contributed by atoms with Crippen LogP contribution in [-0.2, 0) is 9.53 Å². The second-order valence-corrected chi connectivity index (χ2v) is 4.70. The van der Waals surface area contributed by atoms with Gasteiger partial charge in [-0.2, -0.15) is 0 Å². The molecule has 2 aromatic rings. The van der Waals surface area contributed by atoms with E-state index in [9.17, 15) is 9.59 Å². The number of ether oxygens (including phenoxy) is 1. The van der Waals surface area contributed by atoms with E-state index in [1.807, 2.05) is 6.07 Å². The van der Waals surface area contributed by atoms with Gasteiger partial charge in [-0.3, -0.25) is 4.79 Å². The quantitative estimate of drug-likeness (QED) is 0.882. The largest absolute Gasteiger partial charge is 0.448 e. The van der Waals surface area contributed by atoms with Gasteiger partial charge in [0.15, 0.2) is 6.10 Å². The molecule has 1 atom stereocenters. The van der Waals surface area contributed by atoms with Crippen molar-refractivity contribution in [2.45, 2.75) is 13.0 Å². The number of carbonyl (C=O) groups is 2. The highest BCUT2D eigenvalue weighted by atomic mass is 35.5. The molecule has 0 aliphatic heterocycles. The van der Waals surface area contributed by atoms with Crippen LogP contribution in [0.5, 0.6) is 0 Å². The van der Waals surface area contributed by atoms with Crippen LogP contribution < -0.4 is 5.32 Å². The lowest BCUT2D eigenvalue weighted by atomic mass is 10.3. The van der Waals surface area contributed by atoms with Crippen LogP contribution in [0.2, 0.25) is 5.02 Å². The van der Waals surface area contributed by atoms with Gasteiger partial charge in [-0.15, -0.1) is 0 Å². The first-order chi connectivity index (χ1) is 10.1. The van der Waals surface area contributed by atoms with Crippen LogP contribution in [0.3, 0.4) is 0 Å². The molecule has 0 fully saturated rings. The van der Waals surface area contributed by atoms with Gasteiger partial charge in [0.25, 0.3) is 5.91 Å². The van der Waals surface area contributed by atoms with Crippen LogP contribution in [0.4, 0.5) is 5.69 Å². The summed E-state index contributed by atoms with van der Waals surface area (Å²) in [5, 5.41) is 3.02. The maximum Gasteiger partial charge on any atom is 0.357 e. The Morgan fingerprint density at radius 2 is 1.95 bits per heavy atom. The van der Waals surface area contributed by atoms with Gasteiger partial charge < -0.3 is 10.1 Å². The van der Waals surface area contributed by atoms with Crippen molar-refractivity contribution in [2.75, 3.05) is 5.32 Å². The topological polar surface area (TPSA) is 68.3 Å². The Hall–Kier alpha value is -2.40. The minimum atomic E-state index is -0.946. The number of rotatable bonds is 4. The van der Waals surface area contributed by atoms with Crippen molar-refractivity contribution in [3.05, 3.63) is 59.4 Å². The molecule has 1 N–H and O–H groups in total. The van der Waals surface area contributed by atoms with Gasteiger partial charge in [0.05, 0.1) is 0 Å². The standard InChI is InChI=1S/C15H13ClN2O3/c1-10(14(19)18-12-5-3-2-4-6-12)21-15(20)13-9-11(16)7-8-17-13/h2-10H,1H3,(H,18,19)/t10-/m0/s1. The van der Waals surface area contributed by atoms with Gasteiger partial charge >= 0.3 is 5.97 Å². The molecule has 0 spiro atoms. The number of hydrogen-bond acceptors (Lipinski definition) is 4. The third-order valence-electron chi connectivity index (χ3n) is 2.63. The molecular weight excluding hydrogens is 292 g/mol. The fourth-order valence-electron chi connectivity index (χ4n) is 1.56. The molecule has 6 heteroatoms. The number of hydrogen-bond donors (Lipinski definition) is 1. The third-order valence-corrected chi connectivity index (χ3v) is 2.86. The molecule has 0 radical (unpaired) electrons. The lowest BCUT2D eigenvalue weighted by Crippen LogP contribution is -2.30. The lowest BCUT2D eigenvalue weighted by Gasteiger charge is -2.13. The van der Waals surface area contributed by atoms with E-state index in [1.165, 1.54) is 19.2 Å². The van der Waals surface area contributed by atoms with Crippen molar-refractivity contribution in [1.29, 1.82) is 0 Å². The van der Waals surface area contributed by atoms with E-state index in [1.54, 1.807) is 30.3 Å². The number of pyridine rings is 1. The number of benzene rings is 1. The normalized spacial score (nSPS) is 11.5. The monoisotopic (exact) mass is 304 g/mol. The van der Waals surface area contributed by atoms with Crippen molar-refractivity contribution in [2.24, 2.45) is 0 Å². The maximum absolute atomic E-state index is 11.9. The fraction of sp³-hybridized carbons (Fsp3) is 0.133. The first-order valence-electron chi connectivity index (χ1n) is 6.24. The first kappa shape index (κ1) is 15.0. The summed E-state index contributed by atoms with van der Waals surface area (Å²) in [6.45, 7) is 1.49. The average Bonchev–Trinajstić information content (AvgIpc) is 2.48. The van der Waals surface area contributed by atoms with E-state index in [0.717, 1.165) is 0 Å². The Labute approximate surface area is 126 Å². The number of esters is 1. The fourth-order valence-corrected chi connectivity index (χ4v) is 1.72. The van der Waals surface area contributed by atoms with Crippen molar-refractivity contribution in [3.8, 4) is 0 Å². The van der Waals surface area contributed by atoms with Gasteiger partial charge in [0, 0.05) is 16.9 Å². The summed E-state index contributed by atoms with van der Waals surface area (Å²) in [6.07, 6.45) is 0.451. The molecule has 1 aromatic carbocycles. The molecule has 1 aromatic heterocycles. The molecule has 0 bridgehead atoms. The summed E-state index contributed by atoms with van der Waals surface area (Å²) < 4.78 is 5.05. The van der Waals surface area contributed by atoms with Gasteiger partial charge in [0.1, 0.15) is 5.69 Å². The predicted molar refractivity (Wildman–Crippen MR) is 79.2 cm³/mol. The molecule has 1 amide bonds. The maximum atomic E-state index is 11.9. The summed E-state index contributed by atoms with van der Waals surface area (Å²) in [7, 11) is 0. The minimum Gasteiger partial charge on any atom is -0.448 e. The molecule has 108 valence electrons. The van der Waals surface area contributed by atoms with Crippen LogP contribution >= 0.6 is 11.6 Å². The molecule has 1 heterocycles. The Kier molecular flexibility index (Phi) is 4.90. The molecule has 0 unspecified atom stereocenters. The zero-order chi connectivity index (χ0) is 15.2. The van der Waals surface area contributed by atoms with Gasteiger partial charge in [0.2, 0.25) is 0 Å². The smallest absolute Gasteiger partial charge is 0.357 e. The lowest BCUT2D eigenvalue weighted by molar-refractivity contribution is -0.123. The highest BCUT2D eigenvalue weighted by Gasteiger charge is 2.19. The molecule has 5 nitrogen and oxygen atoms in total. The Morgan fingerprint density at radius 3 is 2.62 bits per heavy atom. The average molecular weight is 305 g/mol. The highest BCUT2D eigenvalue weighted by molar-refractivity contribution is 6.30. The van der Waals surface area contributed by atoms with E-state index >= 15 is 0 Å². The van der Waals surface area contributed by atoms with Gasteiger partial charge in [-0.1, -0.05) is 29.8 Å². The molecule has 0 aliphatic rings. The summed E-state index contributed by atoms with van der Waals surface area (Å²) in [5.41, 5.74) is 0.688. The number of para-hydroxylation sites is 1. The molecule has 2 rings (SSSR count). The van der Waals surface area contributed by atoms with E-state index in [4.69, 9.17) is 16.3 Å². The SMILES string of the molecule is C[C@H](OC(=O)c1cc(Cl)ccn1)C(=O)Nc1ccccc1. The van der Waals surface area contributed by atoms with E-state index in [0.29, 0.717) is 10.7 Å². The van der Waals surface area contributed by atoms with Gasteiger partial charge in [-0.05, 0) is 31.2 Å². The van der Waals surface area contributed by atoms with Crippen LogP contribution in [0.15, 0.2) is 48.7 Å². The summed E-state index contributed by atoms with van der Waals surface area (Å²) in [6, 6.07) is 11.8. The second kappa shape index (κ2) is 6.85. The molecule has 0 saturated heterocycles. The molecule has 0 aliphatic carbocycles. The summed E-state index contributed by atoms with van der Waals surface area (Å²) in [4.78, 5) is 27.6. The zero-order valence-electron chi connectivity index (χ0n) is 11.2. The van der Waals surface area contributed by atoms with E-state index < -0.39 is 18.0 Å². The van der Waals surface area contributed by atoms with Crippen molar-refractivity contribution < 1.29 is 14.3 Å². The van der Waals surface area contributed by atoms with Crippen LogP contribution in [-0.4, -0.2) is 23.0 Å². The number of anilines is 1. The number of amides is 1. The van der Waals surface area contributed by atoms with Crippen molar-refractivity contribution in [1.82, 2.24) is 4.98 Å². The van der Waals surface area contributed by atoms with Gasteiger partial charge in [-0.25, -0.2) is 9.78 Å². The second-order valence-electron chi connectivity index (χ2n) is 4.26. The predicted octanol–water partition coefficient (Wildman–Crippen LogP) is 2.92. The van der Waals surface area contributed by atoms with Crippen LogP contribution in [0.1, 0.15) is 17.4 Å². The third kappa shape index (κ3) is 4.29. The number of carbonyl (C=O) groups excluding carboxylic acids is 2. The Balaban J connectivity index is 1.96. The van der Waals surface area contributed by atoms with E-state index in [-0.39, 0.29) is 5.69 Å². The summed E-state index contributed by atoms with van der Waals surface area (Å²) >= 11 is 5.77. The van der Waals surface area contributed by atoms with E-state index in [2.05, 4.69) is 10.3 Å². The number of nitrogens with zero attached hydrogens (tertiary/aromatic N) is 1. The Morgan fingerprint density at radius 1 is 1.24 bits per heavy atom. The van der Waals surface area contributed by atoms with Crippen molar-refractivity contribution in [3.63, 3.8) is 0 Å². The Bertz CT molecular complexity index is 646. The number of nitrogens with one attached hydrogen (secondary N) is 1. The van der Waals surface area contributed by atoms with Crippen molar-refractivity contribution >= 4 is 29.2 Å². The number of aromatic nitrogens is 1. The minimum absolute atomic E-state index is 0.0573. The number of halogens is 1. The zero-order valence-corrected chi connectivity index (χ0v) is 12.0. The van der Waals surface area contributed by atoms with Crippen LogP contribution in [0.25, 0.3) is 0 Å². The highest BCUT2D eigenvalue weighted by Crippen LogP contribution is 2.11. The molecule has 0 saturated carbocycles. The summed E-state index contributed by atoms with van der Waals surface area (Å²) in [5.74, 6) is -1.12.